The van der Waals surface area contributed by atoms with Crippen molar-refractivity contribution in [1.82, 2.24) is 0 Å². The number of hydrogen-bond acceptors (Lipinski definition) is 4. The summed E-state index contributed by atoms with van der Waals surface area (Å²) in [5.74, 6) is -1.25. The summed E-state index contributed by atoms with van der Waals surface area (Å²) in [4.78, 5) is -0.144. The van der Waals surface area contributed by atoms with Gasteiger partial charge in [0.25, 0.3) is 0 Å². The van der Waals surface area contributed by atoms with E-state index in [1.54, 1.807) is 6.07 Å². The number of halogens is 3. The number of sulfone groups is 1. The van der Waals surface area contributed by atoms with Gasteiger partial charge in [0.1, 0.15) is 23.8 Å². The molecule has 4 atom stereocenters. The smallest absolute Gasteiger partial charge is 0.175 e. The van der Waals surface area contributed by atoms with E-state index in [1.807, 2.05) is 6.07 Å². The van der Waals surface area contributed by atoms with Crippen LogP contribution in [0.15, 0.2) is 29.2 Å². The minimum Gasteiger partial charge on any atom is -0.385 e. The first-order valence-electron chi connectivity index (χ1n) is 9.56. The largest absolute Gasteiger partial charge is 0.385 e. The highest BCUT2D eigenvalue weighted by Crippen LogP contribution is 2.51. The first kappa shape index (κ1) is 20.9. The third-order valence-corrected chi connectivity index (χ3v) is 7.34. The van der Waals surface area contributed by atoms with E-state index in [0.29, 0.717) is 16.7 Å². The lowest BCUT2D eigenvalue weighted by Crippen LogP contribution is -2.24. The van der Waals surface area contributed by atoms with Gasteiger partial charge in [-0.3, -0.25) is 0 Å². The summed E-state index contributed by atoms with van der Waals surface area (Å²) in [7, 11) is -3.73. The van der Waals surface area contributed by atoms with Crippen LogP contribution in [-0.4, -0.2) is 25.4 Å². The van der Waals surface area contributed by atoms with E-state index in [1.165, 1.54) is 13.0 Å². The number of rotatable bonds is 2. The quantitative estimate of drug-likeness (QED) is 0.761. The highest BCUT2D eigenvalue weighted by molar-refractivity contribution is 7.90. The second-order valence-electron chi connectivity index (χ2n) is 8.34. The van der Waals surface area contributed by atoms with Crippen molar-refractivity contribution in [2.75, 3.05) is 6.26 Å². The molecular weight excluding hydrogens is 415 g/mol. The summed E-state index contributed by atoms with van der Waals surface area (Å²) in [5, 5.41) is 20.1. The first-order valence-corrected chi connectivity index (χ1v) is 11.4. The van der Waals surface area contributed by atoms with Gasteiger partial charge in [-0.1, -0.05) is 6.07 Å². The lowest BCUT2D eigenvalue weighted by molar-refractivity contribution is 0.0166. The molecule has 1 N–H and O–H groups in total. The van der Waals surface area contributed by atoms with E-state index in [0.717, 1.165) is 18.4 Å². The predicted molar refractivity (Wildman–Crippen MR) is 104 cm³/mol. The third kappa shape index (κ3) is 3.12. The average molecular weight is 435 g/mol. The number of nitrogens with zero attached hydrogens (tertiary/aromatic N) is 1. The summed E-state index contributed by atoms with van der Waals surface area (Å²) >= 11 is 0. The molecule has 0 fully saturated rings. The molecule has 2 aromatic rings. The molecule has 2 aliphatic rings. The minimum atomic E-state index is -3.73. The Labute approximate surface area is 172 Å². The molecule has 8 heteroatoms. The number of nitriles is 1. The predicted octanol–water partition coefficient (Wildman–Crippen LogP) is 4.35. The zero-order valence-electron chi connectivity index (χ0n) is 16.4. The second kappa shape index (κ2) is 6.82. The fourth-order valence-electron chi connectivity index (χ4n) is 4.85. The Balaban J connectivity index is 2.00. The van der Waals surface area contributed by atoms with Crippen molar-refractivity contribution in [1.29, 1.82) is 5.26 Å². The number of aliphatic hydroxyl groups is 1. The maximum Gasteiger partial charge on any atom is 0.175 e. The number of fused-ring (bicyclic) bond motifs is 2. The van der Waals surface area contributed by atoms with Gasteiger partial charge in [-0.15, -0.1) is 0 Å². The Hall–Kier alpha value is -2.37. The molecule has 2 aromatic carbocycles. The van der Waals surface area contributed by atoms with Crippen LogP contribution in [0.2, 0.25) is 0 Å². The Bertz CT molecular complexity index is 1200. The van der Waals surface area contributed by atoms with Crippen molar-refractivity contribution in [3.05, 3.63) is 63.5 Å². The standard InChI is InChI=1S/C22H20F3NO3S/c1-22(25)9-16-13(4-6-18(30(2,28)29)20(16)21(22)27)14-3-5-17(24)15-8-12(23)7-11(10-26)19(14)15/h4,6-8,14,17,21,27H,3,5,9H2,1-2H3/t14-,17+,21+,22-/m1/s1. The molecule has 0 radical (unpaired) electrons. The molecule has 0 heterocycles. The van der Waals surface area contributed by atoms with Gasteiger partial charge in [-0.05, 0) is 60.2 Å². The van der Waals surface area contributed by atoms with Gasteiger partial charge < -0.3 is 5.11 Å². The van der Waals surface area contributed by atoms with Gasteiger partial charge >= 0.3 is 0 Å². The topological polar surface area (TPSA) is 78.2 Å². The Kier molecular flexibility index (Phi) is 4.75. The highest BCUT2D eigenvalue weighted by Gasteiger charge is 2.47. The zero-order chi connectivity index (χ0) is 22.0. The summed E-state index contributed by atoms with van der Waals surface area (Å²) in [6, 6.07) is 6.91. The molecule has 2 aliphatic carbocycles. The first-order chi connectivity index (χ1) is 14.0. The fourth-order valence-corrected chi connectivity index (χ4v) is 5.80. The summed E-state index contributed by atoms with van der Waals surface area (Å²) in [6.45, 7) is 1.20. The van der Waals surface area contributed by atoms with Crippen LogP contribution in [-0.2, 0) is 16.3 Å². The van der Waals surface area contributed by atoms with E-state index in [2.05, 4.69) is 0 Å². The monoisotopic (exact) mass is 435 g/mol. The van der Waals surface area contributed by atoms with Crippen LogP contribution >= 0.6 is 0 Å². The van der Waals surface area contributed by atoms with Gasteiger partial charge in [0.2, 0.25) is 0 Å². The number of alkyl halides is 2. The normalized spacial score (nSPS) is 28.0. The zero-order valence-corrected chi connectivity index (χ0v) is 17.2. The van der Waals surface area contributed by atoms with Crippen LogP contribution in [0.25, 0.3) is 0 Å². The molecule has 0 amide bonds. The van der Waals surface area contributed by atoms with Crippen LogP contribution in [0.5, 0.6) is 0 Å². The molecule has 0 aliphatic heterocycles. The highest BCUT2D eigenvalue weighted by atomic mass is 32.2. The van der Waals surface area contributed by atoms with E-state index in [4.69, 9.17) is 0 Å². The molecule has 4 rings (SSSR count). The second-order valence-corrected chi connectivity index (χ2v) is 10.3. The van der Waals surface area contributed by atoms with Crippen LogP contribution in [0.3, 0.4) is 0 Å². The van der Waals surface area contributed by atoms with Crippen LogP contribution in [0.1, 0.15) is 71.3 Å². The molecule has 0 aromatic heterocycles. The molecule has 158 valence electrons. The number of aliphatic hydroxyl groups excluding tert-OH is 1. The van der Waals surface area contributed by atoms with Crippen molar-refractivity contribution in [3.8, 4) is 6.07 Å². The SMILES string of the molecule is C[C@@]1(F)Cc2c([C@H]3CC[C@H](F)c4cc(F)cc(C#N)c43)ccc(S(C)(=O)=O)c2[C@@H]1O. The van der Waals surface area contributed by atoms with Crippen molar-refractivity contribution in [3.63, 3.8) is 0 Å². The van der Waals surface area contributed by atoms with E-state index in [-0.39, 0.29) is 40.8 Å². The lowest BCUT2D eigenvalue weighted by atomic mass is 9.74. The summed E-state index contributed by atoms with van der Waals surface area (Å²) in [6.07, 6.45) is -1.90. The summed E-state index contributed by atoms with van der Waals surface area (Å²) in [5.41, 5.74) is -0.728. The van der Waals surface area contributed by atoms with Crippen molar-refractivity contribution in [2.45, 2.75) is 54.9 Å². The maximum atomic E-state index is 15.1. The number of benzene rings is 2. The van der Waals surface area contributed by atoms with Gasteiger partial charge in [-0.25, -0.2) is 21.6 Å². The van der Waals surface area contributed by atoms with E-state index < -0.39 is 39.5 Å². The van der Waals surface area contributed by atoms with E-state index in [9.17, 15) is 27.6 Å². The third-order valence-electron chi connectivity index (χ3n) is 6.19. The Morgan fingerprint density at radius 2 is 1.90 bits per heavy atom. The Morgan fingerprint density at radius 3 is 2.53 bits per heavy atom. The van der Waals surface area contributed by atoms with Crippen LogP contribution in [0.4, 0.5) is 13.2 Å². The molecule has 0 spiro atoms. The molecule has 4 nitrogen and oxygen atoms in total. The molecule has 30 heavy (non-hydrogen) atoms. The fraction of sp³-hybridized carbons (Fsp3) is 0.409. The van der Waals surface area contributed by atoms with Crippen molar-refractivity contribution in [2.24, 2.45) is 0 Å². The molecule has 0 saturated heterocycles. The van der Waals surface area contributed by atoms with Crippen LogP contribution < -0.4 is 0 Å². The average Bonchev–Trinajstić information content (AvgIpc) is 2.90. The maximum absolute atomic E-state index is 15.1. The molecular formula is C22H20F3NO3S. The van der Waals surface area contributed by atoms with Crippen molar-refractivity contribution >= 4 is 9.84 Å². The lowest BCUT2D eigenvalue weighted by Gasteiger charge is -2.31. The van der Waals surface area contributed by atoms with Gasteiger partial charge in [0.15, 0.2) is 9.84 Å². The van der Waals surface area contributed by atoms with Crippen molar-refractivity contribution < 1.29 is 26.7 Å². The van der Waals surface area contributed by atoms with Gasteiger partial charge in [-0.2, -0.15) is 5.26 Å². The minimum absolute atomic E-state index is 0.000143. The van der Waals surface area contributed by atoms with Gasteiger partial charge in [0, 0.05) is 24.2 Å². The van der Waals surface area contributed by atoms with E-state index >= 15 is 4.39 Å². The molecule has 0 bridgehead atoms. The van der Waals surface area contributed by atoms with Gasteiger partial charge in [0.05, 0.1) is 16.5 Å². The molecule has 0 unspecified atom stereocenters. The van der Waals surface area contributed by atoms with Crippen LogP contribution in [0, 0.1) is 17.1 Å². The molecule has 0 saturated carbocycles. The Morgan fingerprint density at radius 1 is 1.20 bits per heavy atom. The summed E-state index contributed by atoms with van der Waals surface area (Å²) < 4.78 is 68.1. The number of hydrogen-bond donors (Lipinski definition) is 1.